The Morgan fingerprint density at radius 2 is 1.60 bits per heavy atom. The van der Waals surface area contributed by atoms with E-state index in [4.69, 9.17) is 0 Å². The predicted molar refractivity (Wildman–Crippen MR) is 158 cm³/mol. The highest BCUT2D eigenvalue weighted by molar-refractivity contribution is 5.99. The largest absolute Gasteiger partial charge is 0.573 e. The Hall–Kier alpha value is -5.05. The second kappa shape index (κ2) is 11.7. The number of benzene rings is 4. The van der Waals surface area contributed by atoms with Crippen LogP contribution in [-0.4, -0.2) is 27.9 Å². The molecule has 0 bridgehead atoms. The number of carboxylic acids is 1. The number of fused-ring (bicyclic) bond motifs is 1. The van der Waals surface area contributed by atoms with Gasteiger partial charge in [-0.25, -0.2) is 4.79 Å². The van der Waals surface area contributed by atoms with Gasteiger partial charge in [0.2, 0.25) is 0 Å². The van der Waals surface area contributed by atoms with Crippen molar-refractivity contribution in [3.05, 3.63) is 125 Å². The molecule has 0 aliphatic heterocycles. The molecule has 4 aromatic carbocycles. The van der Waals surface area contributed by atoms with Crippen molar-refractivity contribution >= 4 is 22.8 Å². The summed E-state index contributed by atoms with van der Waals surface area (Å²) in [6.45, 7) is 6.39. The topological polar surface area (TPSA) is 80.6 Å². The third-order valence-electron chi connectivity index (χ3n) is 7.63. The van der Waals surface area contributed by atoms with Gasteiger partial charge in [-0.1, -0.05) is 54.6 Å². The number of nitrogens with one attached hydrogen (secondary N) is 1. The SMILES string of the molecule is Cc1c(C)n(Cc2ccc(-c3ccccc3C(=O)O)cc2)c2ccc(C(=O)N[C@@H](C)c3ccc(OC(F)(F)F)cc3)cc12. The lowest BCUT2D eigenvalue weighted by molar-refractivity contribution is -0.274. The molecule has 220 valence electrons. The first-order valence-electron chi connectivity index (χ1n) is 13.6. The standard InChI is InChI=1S/C34H29F3N2O4/c1-20-22(3)39(19-23-8-10-25(11-9-23)28-6-4-5-7-29(28)33(41)42)31-17-14-26(18-30(20)31)32(40)38-21(2)24-12-15-27(16-13-24)43-34(35,36)37/h4-18,21H,19H2,1-3H3,(H,38,40)(H,41,42)/t21-/m0/s1. The number of aryl methyl sites for hydroxylation is 1. The number of halogens is 3. The molecule has 6 nitrogen and oxygen atoms in total. The molecule has 1 amide bonds. The third kappa shape index (κ3) is 6.40. The number of hydrogen-bond acceptors (Lipinski definition) is 3. The highest BCUT2D eigenvalue weighted by atomic mass is 19.4. The monoisotopic (exact) mass is 586 g/mol. The van der Waals surface area contributed by atoms with Crippen LogP contribution in [0.4, 0.5) is 13.2 Å². The third-order valence-corrected chi connectivity index (χ3v) is 7.63. The smallest absolute Gasteiger partial charge is 0.478 e. The molecule has 1 aromatic heterocycles. The Kier molecular flexibility index (Phi) is 8.00. The molecule has 0 saturated heterocycles. The van der Waals surface area contributed by atoms with Gasteiger partial charge in [-0.05, 0) is 85.0 Å². The van der Waals surface area contributed by atoms with Crippen molar-refractivity contribution in [1.82, 2.24) is 9.88 Å². The lowest BCUT2D eigenvalue weighted by atomic mass is 9.99. The normalized spacial score (nSPS) is 12.2. The summed E-state index contributed by atoms with van der Waals surface area (Å²) >= 11 is 0. The van der Waals surface area contributed by atoms with Crippen LogP contribution in [0.5, 0.6) is 5.75 Å². The zero-order valence-corrected chi connectivity index (χ0v) is 23.7. The fourth-order valence-corrected chi connectivity index (χ4v) is 5.21. The van der Waals surface area contributed by atoms with Gasteiger partial charge in [0, 0.05) is 28.7 Å². The molecule has 5 rings (SSSR count). The number of carboxylic acid groups (broad SMARTS) is 1. The molecule has 43 heavy (non-hydrogen) atoms. The van der Waals surface area contributed by atoms with Crippen LogP contribution in [0.15, 0.2) is 91.0 Å². The number of ether oxygens (including phenoxy) is 1. The number of aromatic nitrogens is 1. The van der Waals surface area contributed by atoms with Crippen molar-refractivity contribution in [1.29, 1.82) is 0 Å². The molecule has 1 atom stereocenters. The van der Waals surface area contributed by atoms with E-state index in [9.17, 15) is 27.9 Å². The van der Waals surface area contributed by atoms with E-state index in [1.165, 1.54) is 24.3 Å². The van der Waals surface area contributed by atoms with Gasteiger partial charge in [-0.15, -0.1) is 13.2 Å². The molecule has 0 spiro atoms. The van der Waals surface area contributed by atoms with Crippen LogP contribution in [0.3, 0.4) is 0 Å². The summed E-state index contributed by atoms with van der Waals surface area (Å²) < 4.78 is 43.4. The lowest BCUT2D eigenvalue weighted by Crippen LogP contribution is -2.26. The Balaban J connectivity index is 1.33. The quantitative estimate of drug-likeness (QED) is 0.193. The van der Waals surface area contributed by atoms with E-state index >= 15 is 0 Å². The molecule has 2 N–H and O–H groups in total. The van der Waals surface area contributed by atoms with Crippen LogP contribution < -0.4 is 10.1 Å². The second-order valence-electron chi connectivity index (χ2n) is 10.4. The molecule has 0 radical (unpaired) electrons. The number of aromatic carboxylic acids is 1. The Bertz CT molecular complexity index is 1810. The van der Waals surface area contributed by atoms with E-state index in [1.54, 1.807) is 31.2 Å². The summed E-state index contributed by atoms with van der Waals surface area (Å²) in [7, 11) is 0. The molecule has 0 aliphatic rings. The Labute approximate surface area is 246 Å². The van der Waals surface area contributed by atoms with E-state index in [0.717, 1.165) is 33.3 Å². The highest BCUT2D eigenvalue weighted by Crippen LogP contribution is 2.29. The zero-order valence-electron chi connectivity index (χ0n) is 23.7. The molecule has 9 heteroatoms. The number of amides is 1. The maximum Gasteiger partial charge on any atom is 0.573 e. The average molecular weight is 587 g/mol. The van der Waals surface area contributed by atoms with Crippen molar-refractivity contribution in [2.24, 2.45) is 0 Å². The molecular weight excluding hydrogens is 557 g/mol. The van der Waals surface area contributed by atoms with Crippen molar-refractivity contribution in [2.75, 3.05) is 0 Å². The molecule has 0 aliphatic carbocycles. The van der Waals surface area contributed by atoms with Gasteiger partial charge >= 0.3 is 12.3 Å². The molecule has 0 fully saturated rings. The van der Waals surface area contributed by atoms with Crippen LogP contribution in [-0.2, 0) is 6.54 Å². The molecule has 1 heterocycles. The van der Waals surface area contributed by atoms with Crippen LogP contribution in [0, 0.1) is 13.8 Å². The summed E-state index contributed by atoms with van der Waals surface area (Å²) in [6.07, 6.45) is -4.77. The number of hydrogen-bond donors (Lipinski definition) is 2. The van der Waals surface area contributed by atoms with Gasteiger partial charge in [0.1, 0.15) is 5.75 Å². The van der Waals surface area contributed by atoms with Gasteiger partial charge in [-0.2, -0.15) is 0 Å². The molecule has 5 aromatic rings. The second-order valence-corrected chi connectivity index (χ2v) is 10.4. The minimum atomic E-state index is -4.77. The van der Waals surface area contributed by atoms with Crippen molar-refractivity contribution in [2.45, 2.75) is 39.7 Å². The summed E-state index contributed by atoms with van der Waals surface area (Å²) in [5, 5.41) is 13.4. The van der Waals surface area contributed by atoms with Gasteiger partial charge in [-0.3, -0.25) is 4.79 Å². The van der Waals surface area contributed by atoms with Gasteiger partial charge in [0.25, 0.3) is 5.91 Å². The number of carbonyl (C=O) groups excluding carboxylic acids is 1. The fraction of sp³-hybridized carbons (Fsp3) is 0.176. The molecule has 0 unspecified atom stereocenters. The van der Waals surface area contributed by atoms with Crippen LogP contribution in [0.2, 0.25) is 0 Å². The molecular formula is C34H29F3N2O4. The first-order chi connectivity index (χ1) is 20.4. The Morgan fingerprint density at radius 1 is 0.930 bits per heavy atom. The minimum Gasteiger partial charge on any atom is -0.478 e. The first-order valence-corrected chi connectivity index (χ1v) is 13.6. The van der Waals surface area contributed by atoms with E-state index in [0.29, 0.717) is 23.2 Å². The molecule has 0 saturated carbocycles. The summed E-state index contributed by atoms with van der Waals surface area (Å²) in [6, 6.07) is 25.2. The van der Waals surface area contributed by atoms with E-state index in [1.807, 2.05) is 56.3 Å². The Morgan fingerprint density at radius 3 is 2.26 bits per heavy atom. The summed E-state index contributed by atoms with van der Waals surface area (Å²) in [5.74, 6) is -1.59. The lowest BCUT2D eigenvalue weighted by Gasteiger charge is -2.16. The summed E-state index contributed by atoms with van der Waals surface area (Å²) in [5.41, 5.74) is 6.96. The number of alkyl halides is 3. The van der Waals surface area contributed by atoms with Crippen molar-refractivity contribution < 1.29 is 32.6 Å². The summed E-state index contributed by atoms with van der Waals surface area (Å²) in [4.78, 5) is 24.7. The van der Waals surface area contributed by atoms with Crippen LogP contribution >= 0.6 is 0 Å². The maximum atomic E-state index is 13.1. The van der Waals surface area contributed by atoms with Gasteiger partial charge in [0.05, 0.1) is 11.6 Å². The maximum absolute atomic E-state index is 13.1. The predicted octanol–water partition coefficient (Wildman–Crippen LogP) is 8.06. The van der Waals surface area contributed by atoms with E-state index < -0.39 is 18.4 Å². The minimum absolute atomic E-state index is 0.251. The zero-order chi connectivity index (χ0) is 30.9. The van der Waals surface area contributed by atoms with Crippen LogP contribution in [0.1, 0.15) is 56.1 Å². The first kappa shape index (κ1) is 29.4. The fourth-order valence-electron chi connectivity index (χ4n) is 5.21. The van der Waals surface area contributed by atoms with Gasteiger partial charge < -0.3 is 19.7 Å². The number of nitrogens with zero attached hydrogens (tertiary/aromatic N) is 1. The van der Waals surface area contributed by atoms with Gasteiger partial charge in [0.15, 0.2) is 0 Å². The van der Waals surface area contributed by atoms with Crippen LogP contribution in [0.25, 0.3) is 22.0 Å². The number of rotatable bonds is 8. The van der Waals surface area contributed by atoms with Crippen molar-refractivity contribution in [3.8, 4) is 16.9 Å². The van der Waals surface area contributed by atoms with E-state index in [2.05, 4.69) is 14.6 Å². The van der Waals surface area contributed by atoms with E-state index in [-0.39, 0.29) is 17.2 Å². The average Bonchev–Trinajstić information content (AvgIpc) is 3.21. The van der Waals surface area contributed by atoms with Crippen molar-refractivity contribution in [3.63, 3.8) is 0 Å². The number of carbonyl (C=O) groups is 2. The highest BCUT2D eigenvalue weighted by Gasteiger charge is 2.31.